The number of amides is 1. The standard InChI is InChI=1S/C19H25N5O4/c1-10(20)17(21)28-18(22)14-8-13(6-7-16(14)26-5)19(25)24(4)9-15-11(2)27-12(3)23-15/h6-8,10,21-22H,9,20H2,1-5H3/t10-/m0/s1. The largest absolute Gasteiger partial charge is 0.496 e. The van der Waals surface area contributed by atoms with Crippen molar-refractivity contribution >= 4 is 17.7 Å². The first-order chi connectivity index (χ1) is 13.1. The highest BCUT2D eigenvalue weighted by Gasteiger charge is 2.20. The van der Waals surface area contributed by atoms with E-state index in [9.17, 15) is 4.79 Å². The topological polar surface area (TPSA) is 139 Å². The van der Waals surface area contributed by atoms with Gasteiger partial charge in [0.1, 0.15) is 17.2 Å². The first-order valence-corrected chi connectivity index (χ1v) is 8.61. The zero-order chi connectivity index (χ0) is 21.0. The molecule has 0 spiro atoms. The van der Waals surface area contributed by atoms with Crippen LogP contribution in [-0.4, -0.2) is 47.8 Å². The SMILES string of the molecule is COc1ccc(C(=O)N(C)Cc2nc(C)oc2C)cc1C(=N)OC(=N)[C@H](C)N. The van der Waals surface area contributed by atoms with Gasteiger partial charge >= 0.3 is 0 Å². The van der Waals surface area contributed by atoms with E-state index >= 15 is 0 Å². The normalized spacial score (nSPS) is 11.6. The molecule has 0 aliphatic rings. The van der Waals surface area contributed by atoms with Gasteiger partial charge in [-0.15, -0.1) is 0 Å². The monoisotopic (exact) mass is 387 g/mol. The van der Waals surface area contributed by atoms with E-state index in [0.717, 1.165) is 0 Å². The van der Waals surface area contributed by atoms with Crippen LogP contribution in [0.15, 0.2) is 22.6 Å². The van der Waals surface area contributed by atoms with E-state index in [1.54, 1.807) is 40.0 Å². The van der Waals surface area contributed by atoms with Crippen molar-refractivity contribution in [1.29, 1.82) is 10.8 Å². The first kappa shape index (κ1) is 21.1. The molecule has 0 saturated heterocycles. The smallest absolute Gasteiger partial charge is 0.253 e. The third-order valence-electron chi connectivity index (χ3n) is 4.05. The van der Waals surface area contributed by atoms with Gasteiger partial charge in [0.25, 0.3) is 5.91 Å². The minimum Gasteiger partial charge on any atom is -0.496 e. The van der Waals surface area contributed by atoms with Crippen LogP contribution in [0.25, 0.3) is 0 Å². The fraction of sp³-hybridized carbons (Fsp3) is 0.368. The van der Waals surface area contributed by atoms with Crippen LogP contribution in [0, 0.1) is 24.7 Å². The molecule has 9 heteroatoms. The Balaban J connectivity index is 2.25. The molecule has 1 heterocycles. The van der Waals surface area contributed by atoms with Crippen LogP contribution in [-0.2, 0) is 11.3 Å². The summed E-state index contributed by atoms with van der Waals surface area (Å²) in [4.78, 5) is 18.6. The third-order valence-corrected chi connectivity index (χ3v) is 4.05. The zero-order valence-corrected chi connectivity index (χ0v) is 16.6. The predicted molar refractivity (Wildman–Crippen MR) is 104 cm³/mol. The Morgan fingerprint density at radius 3 is 2.57 bits per heavy atom. The molecule has 1 aromatic carbocycles. The second-order valence-corrected chi connectivity index (χ2v) is 6.40. The summed E-state index contributed by atoms with van der Waals surface area (Å²) in [7, 11) is 3.11. The van der Waals surface area contributed by atoms with Gasteiger partial charge in [-0.2, -0.15) is 0 Å². The number of carbonyl (C=O) groups excluding carboxylic acids is 1. The number of aryl methyl sites for hydroxylation is 2. The van der Waals surface area contributed by atoms with E-state index in [1.807, 2.05) is 0 Å². The van der Waals surface area contributed by atoms with Crippen LogP contribution in [0.4, 0.5) is 0 Å². The number of hydrogen-bond acceptors (Lipinski definition) is 8. The van der Waals surface area contributed by atoms with Crippen molar-refractivity contribution in [3.05, 3.63) is 46.7 Å². The predicted octanol–water partition coefficient (Wildman–Crippen LogP) is 2.24. The molecular formula is C19H25N5O4. The van der Waals surface area contributed by atoms with Crippen molar-refractivity contribution < 1.29 is 18.7 Å². The molecule has 0 aliphatic carbocycles. The Bertz CT molecular complexity index is 904. The summed E-state index contributed by atoms with van der Waals surface area (Å²) in [5.41, 5.74) is 6.86. The number of ether oxygens (including phenoxy) is 2. The Kier molecular flexibility index (Phi) is 6.53. The number of methoxy groups -OCH3 is 1. The lowest BCUT2D eigenvalue weighted by atomic mass is 10.1. The molecule has 1 aromatic heterocycles. The summed E-state index contributed by atoms with van der Waals surface area (Å²) in [6.45, 7) is 5.41. The van der Waals surface area contributed by atoms with Gasteiger partial charge in [-0.1, -0.05) is 0 Å². The molecule has 2 aromatic rings. The Morgan fingerprint density at radius 1 is 1.36 bits per heavy atom. The lowest BCUT2D eigenvalue weighted by Crippen LogP contribution is -2.30. The Morgan fingerprint density at radius 2 is 2.04 bits per heavy atom. The molecule has 28 heavy (non-hydrogen) atoms. The molecule has 0 unspecified atom stereocenters. The molecule has 0 radical (unpaired) electrons. The van der Waals surface area contributed by atoms with Gasteiger partial charge in [-0.25, -0.2) is 4.98 Å². The highest BCUT2D eigenvalue weighted by atomic mass is 16.5. The van der Waals surface area contributed by atoms with Crippen LogP contribution >= 0.6 is 0 Å². The molecule has 150 valence electrons. The van der Waals surface area contributed by atoms with Crippen molar-refractivity contribution in [3.8, 4) is 5.75 Å². The molecular weight excluding hydrogens is 362 g/mol. The van der Waals surface area contributed by atoms with Gasteiger partial charge in [-0.05, 0) is 32.0 Å². The van der Waals surface area contributed by atoms with E-state index in [2.05, 4.69) is 4.98 Å². The summed E-state index contributed by atoms with van der Waals surface area (Å²) in [6, 6.07) is 4.02. The minimum atomic E-state index is -0.656. The van der Waals surface area contributed by atoms with Crippen molar-refractivity contribution in [2.45, 2.75) is 33.4 Å². The van der Waals surface area contributed by atoms with Gasteiger partial charge in [0.2, 0.25) is 11.8 Å². The highest BCUT2D eigenvalue weighted by Crippen LogP contribution is 2.22. The fourth-order valence-corrected chi connectivity index (χ4v) is 2.51. The lowest BCUT2D eigenvalue weighted by molar-refractivity contribution is 0.0783. The van der Waals surface area contributed by atoms with E-state index < -0.39 is 6.04 Å². The highest BCUT2D eigenvalue weighted by molar-refractivity contribution is 6.04. The van der Waals surface area contributed by atoms with Gasteiger partial charge in [-0.3, -0.25) is 15.6 Å². The summed E-state index contributed by atoms with van der Waals surface area (Å²) in [5, 5.41) is 15.8. The van der Waals surface area contributed by atoms with Crippen molar-refractivity contribution in [2.24, 2.45) is 5.73 Å². The molecule has 4 N–H and O–H groups in total. The number of benzene rings is 1. The molecule has 0 fully saturated rings. The number of hydrogen-bond donors (Lipinski definition) is 3. The van der Waals surface area contributed by atoms with Gasteiger partial charge in [0.15, 0.2) is 5.89 Å². The van der Waals surface area contributed by atoms with Crippen LogP contribution in [0.2, 0.25) is 0 Å². The van der Waals surface area contributed by atoms with E-state index in [4.69, 9.17) is 30.4 Å². The number of rotatable bonds is 6. The maximum Gasteiger partial charge on any atom is 0.253 e. The van der Waals surface area contributed by atoms with Crippen LogP contribution in [0.3, 0.4) is 0 Å². The zero-order valence-electron chi connectivity index (χ0n) is 16.6. The van der Waals surface area contributed by atoms with Crippen molar-refractivity contribution in [2.75, 3.05) is 14.2 Å². The summed E-state index contributed by atoms with van der Waals surface area (Å²) in [5.74, 6) is 0.722. The Labute approximate surface area is 163 Å². The van der Waals surface area contributed by atoms with Gasteiger partial charge in [0.05, 0.1) is 25.3 Å². The molecule has 0 saturated carbocycles. The molecule has 0 aliphatic heterocycles. The molecule has 0 bridgehead atoms. The molecule has 1 amide bonds. The molecule has 1 atom stereocenters. The average molecular weight is 387 g/mol. The van der Waals surface area contributed by atoms with Crippen molar-refractivity contribution in [3.63, 3.8) is 0 Å². The number of oxazole rings is 1. The van der Waals surface area contributed by atoms with Gasteiger partial charge < -0.3 is 24.5 Å². The third kappa shape index (κ3) is 4.74. The number of nitrogens with two attached hydrogens (primary N) is 1. The van der Waals surface area contributed by atoms with E-state index in [0.29, 0.717) is 28.7 Å². The van der Waals surface area contributed by atoms with Crippen molar-refractivity contribution in [1.82, 2.24) is 9.88 Å². The number of carbonyl (C=O) groups is 1. The Hall–Kier alpha value is -3.20. The maximum absolute atomic E-state index is 12.8. The second-order valence-electron chi connectivity index (χ2n) is 6.40. The quantitative estimate of drug-likeness (QED) is 0.513. The summed E-state index contributed by atoms with van der Waals surface area (Å²) in [6.07, 6.45) is 0. The number of nitrogens with one attached hydrogen (secondary N) is 2. The summed E-state index contributed by atoms with van der Waals surface area (Å²) >= 11 is 0. The molecule has 2 rings (SSSR count). The lowest BCUT2D eigenvalue weighted by Gasteiger charge is -2.18. The number of aromatic nitrogens is 1. The van der Waals surface area contributed by atoms with Crippen LogP contribution in [0.5, 0.6) is 5.75 Å². The van der Waals surface area contributed by atoms with Gasteiger partial charge in [0, 0.05) is 19.5 Å². The minimum absolute atomic E-state index is 0.251. The first-order valence-electron chi connectivity index (χ1n) is 8.61. The maximum atomic E-state index is 12.8. The van der Waals surface area contributed by atoms with Crippen LogP contribution in [0.1, 0.15) is 40.2 Å². The fourth-order valence-electron chi connectivity index (χ4n) is 2.51. The second kappa shape index (κ2) is 8.66. The van der Waals surface area contributed by atoms with E-state index in [1.165, 1.54) is 18.1 Å². The molecule has 9 nitrogen and oxygen atoms in total. The summed E-state index contributed by atoms with van der Waals surface area (Å²) < 4.78 is 15.8. The van der Waals surface area contributed by atoms with Crippen LogP contribution < -0.4 is 10.5 Å². The average Bonchev–Trinajstić information content (AvgIpc) is 2.97. The number of nitrogens with zero attached hydrogens (tertiary/aromatic N) is 2. The van der Waals surface area contributed by atoms with E-state index in [-0.39, 0.29) is 29.8 Å².